The van der Waals surface area contributed by atoms with Crippen molar-refractivity contribution in [3.63, 3.8) is 0 Å². The van der Waals surface area contributed by atoms with Crippen molar-refractivity contribution in [2.75, 3.05) is 25.0 Å². The van der Waals surface area contributed by atoms with E-state index in [1.54, 1.807) is 23.9 Å². The number of likely N-dealkylation sites (N-methyl/N-ethyl adjacent to an activating group) is 1. The third-order valence-corrected chi connectivity index (χ3v) is 5.62. The van der Waals surface area contributed by atoms with Crippen LogP contribution in [0.5, 0.6) is 0 Å². The summed E-state index contributed by atoms with van der Waals surface area (Å²) in [6, 6.07) is 1.68. The molecule has 0 spiro atoms. The number of nitrogens with zero attached hydrogens (tertiary/aromatic N) is 3. The second-order valence-corrected chi connectivity index (χ2v) is 7.16. The topological polar surface area (TPSA) is 76.5 Å². The number of fused-ring (bicyclic) bond motifs is 1. The third kappa shape index (κ3) is 3.66. The highest BCUT2D eigenvalue weighted by Crippen LogP contribution is 2.37. The molecule has 140 valence electrons. The number of amides is 1. The van der Waals surface area contributed by atoms with Gasteiger partial charge in [0.1, 0.15) is 5.00 Å². The molecule has 0 atom stereocenters. The maximum Gasteiger partial charge on any atom is 0.341 e. The Balaban J connectivity index is 1.91. The second-order valence-electron chi connectivity index (χ2n) is 6.06. The number of rotatable bonds is 6. The minimum Gasteiger partial charge on any atom is -0.462 e. The van der Waals surface area contributed by atoms with E-state index in [-0.39, 0.29) is 11.9 Å². The predicted octanol–water partition coefficient (Wildman–Crippen LogP) is 2.77. The number of hydrogen-bond acceptors (Lipinski definition) is 6. The van der Waals surface area contributed by atoms with E-state index in [9.17, 15) is 9.59 Å². The fraction of sp³-hybridized carbons (Fsp3) is 0.500. The number of aryl methyl sites for hydroxylation is 1. The molecule has 0 saturated carbocycles. The van der Waals surface area contributed by atoms with E-state index in [0.29, 0.717) is 29.4 Å². The van der Waals surface area contributed by atoms with Crippen molar-refractivity contribution in [3.05, 3.63) is 34.0 Å². The van der Waals surface area contributed by atoms with Crippen LogP contribution in [0.25, 0.3) is 0 Å². The van der Waals surface area contributed by atoms with E-state index in [4.69, 9.17) is 4.74 Å². The average Bonchev–Trinajstić information content (AvgIpc) is 3.25. The van der Waals surface area contributed by atoms with E-state index in [1.807, 2.05) is 6.92 Å². The molecule has 3 rings (SSSR count). The highest BCUT2D eigenvalue weighted by atomic mass is 32.1. The van der Waals surface area contributed by atoms with Crippen molar-refractivity contribution in [2.24, 2.45) is 0 Å². The fourth-order valence-corrected chi connectivity index (χ4v) is 4.33. The molecule has 0 aromatic carbocycles. The maximum atomic E-state index is 12.6. The molecule has 2 aromatic rings. The van der Waals surface area contributed by atoms with Gasteiger partial charge in [0.15, 0.2) is 5.69 Å². The third-order valence-electron chi connectivity index (χ3n) is 4.49. The largest absolute Gasteiger partial charge is 0.462 e. The Labute approximate surface area is 156 Å². The lowest BCUT2D eigenvalue weighted by atomic mass is 10.0. The van der Waals surface area contributed by atoms with E-state index < -0.39 is 0 Å². The Kier molecular flexibility index (Phi) is 5.73. The molecule has 0 fully saturated rings. The Morgan fingerprint density at radius 1 is 1.31 bits per heavy atom. The van der Waals surface area contributed by atoms with Crippen LogP contribution in [0.15, 0.2) is 12.3 Å². The molecule has 7 nitrogen and oxygen atoms in total. The Morgan fingerprint density at radius 2 is 2.12 bits per heavy atom. The molecule has 0 bridgehead atoms. The molecule has 2 aromatic heterocycles. The number of carbonyl (C=O) groups is 2. The van der Waals surface area contributed by atoms with Gasteiger partial charge >= 0.3 is 5.97 Å². The molecule has 0 radical (unpaired) electrons. The molecule has 0 aliphatic carbocycles. The Hall–Kier alpha value is -2.19. The zero-order valence-corrected chi connectivity index (χ0v) is 16.2. The highest BCUT2D eigenvalue weighted by molar-refractivity contribution is 7.17. The van der Waals surface area contributed by atoms with Crippen LogP contribution >= 0.6 is 11.3 Å². The Morgan fingerprint density at radius 3 is 2.77 bits per heavy atom. The lowest BCUT2D eigenvalue weighted by Gasteiger charge is -2.25. The van der Waals surface area contributed by atoms with Crippen LogP contribution in [0.1, 0.15) is 52.1 Å². The first-order chi connectivity index (χ1) is 12.6. The molecular weight excluding hydrogens is 352 g/mol. The van der Waals surface area contributed by atoms with Crippen molar-refractivity contribution < 1.29 is 14.3 Å². The van der Waals surface area contributed by atoms with Crippen molar-refractivity contribution in [1.29, 1.82) is 0 Å². The fourth-order valence-electron chi connectivity index (χ4n) is 3.06. The van der Waals surface area contributed by atoms with Gasteiger partial charge in [-0.1, -0.05) is 6.92 Å². The van der Waals surface area contributed by atoms with E-state index in [2.05, 4.69) is 22.2 Å². The van der Waals surface area contributed by atoms with Gasteiger partial charge in [0.05, 0.1) is 12.2 Å². The first-order valence-electron chi connectivity index (χ1n) is 8.96. The minimum absolute atomic E-state index is 0.304. The first kappa shape index (κ1) is 18.6. The smallest absolute Gasteiger partial charge is 0.341 e. The number of hydrogen-bond donors (Lipinski definition) is 1. The highest BCUT2D eigenvalue weighted by Gasteiger charge is 2.29. The SMILES string of the molecule is CCOC(=O)c1c(NC(=O)c2ccn(CC)n2)sc2c1CCN(CC)C2. The van der Waals surface area contributed by atoms with Crippen molar-refractivity contribution in [2.45, 2.75) is 40.3 Å². The van der Waals surface area contributed by atoms with Gasteiger partial charge in [-0.2, -0.15) is 5.10 Å². The van der Waals surface area contributed by atoms with Gasteiger partial charge < -0.3 is 10.1 Å². The summed E-state index contributed by atoms with van der Waals surface area (Å²) in [6.07, 6.45) is 2.55. The first-order valence-corrected chi connectivity index (χ1v) is 9.77. The van der Waals surface area contributed by atoms with Crippen LogP contribution in [0.3, 0.4) is 0 Å². The number of aromatic nitrogens is 2. The second kappa shape index (κ2) is 8.01. The molecule has 26 heavy (non-hydrogen) atoms. The van der Waals surface area contributed by atoms with E-state index in [0.717, 1.165) is 36.5 Å². The standard InChI is InChI=1S/C18H24N4O3S/c1-4-21-9-7-12-14(11-21)26-17(15(12)18(24)25-6-3)19-16(23)13-8-10-22(5-2)20-13/h8,10H,4-7,9,11H2,1-3H3,(H,19,23). The van der Waals surface area contributed by atoms with Crippen LogP contribution in [0.4, 0.5) is 5.00 Å². The number of thiophene rings is 1. The number of carbonyl (C=O) groups excluding carboxylic acids is 2. The summed E-state index contributed by atoms with van der Waals surface area (Å²) in [7, 11) is 0. The number of esters is 1. The molecule has 1 aliphatic rings. The van der Waals surface area contributed by atoms with E-state index in [1.165, 1.54) is 11.3 Å². The zero-order chi connectivity index (χ0) is 18.7. The molecule has 1 N–H and O–H groups in total. The molecule has 8 heteroatoms. The van der Waals surface area contributed by atoms with Crippen LogP contribution in [0.2, 0.25) is 0 Å². The maximum absolute atomic E-state index is 12.6. The lowest BCUT2D eigenvalue weighted by Crippen LogP contribution is -2.30. The summed E-state index contributed by atoms with van der Waals surface area (Å²) in [4.78, 5) is 28.5. The van der Waals surface area contributed by atoms with Gasteiger partial charge in [-0.3, -0.25) is 14.4 Å². The van der Waals surface area contributed by atoms with Gasteiger partial charge in [-0.25, -0.2) is 4.79 Å². The monoisotopic (exact) mass is 376 g/mol. The normalized spacial score (nSPS) is 14.1. The molecule has 1 aliphatic heterocycles. The summed E-state index contributed by atoms with van der Waals surface area (Å²) in [5, 5.41) is 7.66. The van der Waals surface area contributed by atoms with Crippen LogP contribution in [-0.4, -0.2) is 46.3 Å². The van der Waals surface area contributed by atoms with Gasteiger partial charge in [-0.15, -0.1) is 11.3 Å². The van der Waals surface area contributed by atoms with Crippen LogP contribution < -0.4 is 5.32 Å². The summed E-state index contributed by atoms with van der Waals surface area (Å²) in [5.74, 6) is -0.682. The summed E-state index contributed by atoms with van der Waals surface area (Å²) < 4.78 is 6.93. The van der Waals surface area contributed by atoms with Crippen molar-refractivity contribution in [1.82, 2.24) is 14.7 Å². The number of anilines is 1. The summed E-state index contributed by atoms with van der Waals surface area (Å²) in [5.41, 5.74) is 1.85. The molecular formula is C18H24N4O3S. The summed E-state index contributed by atoms with van der Waals surface area (Å²) >= 11 is 1.46. The van der Waals surface area contributed by atoms with Crippen LogP contribution in [0, 0.1) is 0 Å². The molecule has 0 unspecified atom stereocenters. The van der Waals surface area contributed by atoms with Gasteiger partial charge in [0.2, 0.25) is 0 Å². The van der Waals surface area contributed by atoms with Gasteiger partial charge in [0, 0.05) is 30.7 Å². The molecule has 1 amide bonds. The number of nitrogens with one attached hydrogen (secondary N) is 1. The van der Waals surface area contributed by atoms with Crippen molar-refractivity contribution in [3.8, 4) is 0 Å². The van der Waals surface area contributed by atoms with E-state index >= 15 is 0 Å². The average molecular weight is 376 g/mol. The van der Waals surface area contributed by atoms with Gasteiger partial charge in [0.25, 0.3) is 5.91 Å². The molecule has 3 heterocycles. The van der Waals surface area contributed by atoms with Crippen LogP contribution in [-0.2, 0) is 24.2 Å². The summed E-state index contributed by atoms with van der Waals surface area (Å²) in [6.45, 7) is 9.52. The quantitative estimate of drug-likeness (QED) is 0.785. The minimum atomic E-state index is -0.371. The lowest BCUT2D eigenvalue weighted by molar-refractivity contribution is 0.0526. The number of ether oxygens (including phenoxy) is 1. The van der Waals surface area contributed by atoms with Crippen molar-refractivity contribution >= 4 is 28.2 Å². The zero-order valence-electron chi connectivity index (χ0n) is 15.4. The predicted molar refractivity (Wildman–Crippen MR) is 101 cm³/mol. The molecule has 0 saturated heterocycles. The van der Waals surface area contributed by atoms with Gasteiger partial charge in [-0.05, 0) is 38.4 Å². The Bertz CT molecular complexity index is 811.